The summed E-state index contributed by atoms with van der Waals surface area (Å²) in [6, 6.07) is 16.9. The first-order chi connectivity index (χ1) is 21.1. The van der Waals surface area contributed by atoms with Crippen molar-refractivity contribution >= 4 is 11.9 Å². The van der Waals surface area contributed by atoms with Crippen LogP contribution in [0.5, 0.6) is 0 Å². The summed E-state index contributed by atoms with van der Waals surface area (Å²) >= 11 is 0. The Kier molecular flexibility index (Phi) is 9.32. The molecular weight excluding hydrogens is 548 g/mol. The van der Waals surface area contributed by atoms with Gasteiger partial charge in [-0.25, -0.2) is 15.0 Å². The lowest BCUT2D eigenvalue weighted by molar-refractivity contribution is -0.127. The van der Waals surface area contributed by atoms with Crippen molar-refractivity contribution in [1.29, 1.82) is 0 Å². The Morgan fingerprint density at radius 2 is 1.34 bits per heavy atom. The predicted octanol–water partition coefficient (Wildman–Crippen LogP) is 6.26. The van der Waals surface area contributed by atoms with E-state index in [-0.39, 0.29) is 5.91 Å². The average Bonchev–Trinajstić information content (AvgIpc) is 3.70. The molecule has 2 aromatic heterocycles. The molecule has 2 heterocycles. The van der Waals surface area contributed by atoms with Crippen LogP contribution in [0.1, 0.15) is 51.2 Å². The molecule has 0 bridgehead atoms. The number of hydrogen-bond donors (Lipinski definition) is 3. The van der Waals surface area contributed by atoms with Crippen LogP contribution in [0.25, 0.3) is 33.6 Å². The van der Waals surface area contributed by atoms with Crippen molar-refractivity contribution in [3.05, 3.63) is 84.2 Å². The van der Waals surface area contributed by atoms with Crippen molar-refractivity contribution in [1.82, 2.24) is 35.1 Å². The number of carbonyl (C=O) groups excluding carboxylic acids is 1. The van der Waals surface area contributed by atoms with Gasteiger partial charge in [0.25, 0.3) is 0 Å². The lowest BCUT2D eigenvalue weighted by Gasteiger charge is -2.29. The third-order valence-corrected chi connectivity index (χ3v) is 8.23. The summed E-state index contributed by atoms with van der Waals surface area (Å²) in [7, 11) is 7.93. The second kappa shape index (κ2) is 13.3. The number of aliphatic imine (C=N–C) groups is 1. The van der Waals surface area contributed by atoms with Crippen LogP contribution in [0.4, 0.5) is 0 Å². The van der Waals surface area contributed by atoms with Gasteiger partial charge in [-0.2, -0.15) is 0 Å². The van der Waals surface area contributed by atoms with Gasteiger partial charge >= 0.3 is 0 Å². The van der Waals surface area contributed by atoms with Gasteiger partial charge in [0.2, 0.25) is 5.91 Å². The number of rotatable bonds is 9. The number of nitrogens with one attached hydrogen (secondary N) is 3. The fourth-order valence-electron chi connectivity index (χ4n) is 5.64. The van der Waals surface area contributed by atoms with E-state index >= 15 is 0 Å². The molecule has 0 fully saturated rings. The number of aromatic amines is 2. The van der Waals surface area contributed by atoms with Gasteiger partial charge < -0.3 is 25.1 Å². The summed E-state index contributed by atoms with van der Waals surface area (Å²) in [6.07, 6.45) is 10.4. The molecular formula is C35H44N8O. The zero-order chi connectivity index (χ0) is 31.3. The van der Waals surface area contributed by atoms with Gasteiger partial charge in [-0.3, -0.25) is 4.79 Å². The Balaban J connectivity index is 1.19. The topological polar surface area (TPSA) is 105 Å². The molecule has 5 rings (SSSR count). The van der Waals surface area contributed by atoms with Gasteiger partial charge in [0.05, 0.1) is 35.7 Å². The first kappa shape index (κ1) is 30.8. The number of aromatic nitrogens is 4. The van der Waals surface area contributed by atoms with E-state index in [4.69, 9.17) is 0 Å². The van der Waals surface area contributed by atoms with Gasteiger partial charge in [-0.15, -0.1) is 0 Å². The maximum atomic E-state index is 13.0. The number of carbonyl (C=O) groups is 1. The fraction of sp³-hybridized carbons (Fsp3) is 0.371. The highest BCUT2D eigenvalue weighted by atomic mass is 16.2. The maximum Gasteiger partial charge on any atom is 0.230 e. The molecule has 9 heteroatoms. The number of amides is 1. The molecule has 44 heavy (non-hydrogen) atoms. The Morgan fingerprint density at radius 3 is 1.86 bits per heavy atom. The monoisotopic (exact) mass is 592 g/mol. The van der Waals surface area contributed by atoms with Crippen molar-refractivity contribution in [2.45, 2.75) is 52.6 Å². The van der Waals surface area contributed by atoms with Crippen LogP contribution >= 0.6 is 0 Å². The van der Waals surface area contributed by atoms with Crippen molar-refractivity contribution < 1.29 is 4.79 Å². The standard InChI is InChI=1S/C35H44N8O/c1-35(2,28-10-8-7-9-11-28)33(44)38-22-31-36-20-29(40-31)26-16-12-24(13-17-26)25-14-18-27(19-15-25)30-21-37-32(41-30)23-39-34(42(3)4)43(5)6/h10,12-21H,7-9,11,22-23H2,1-6H3,(H,36,40)(H,37,41)(H,38,44). The van der Waals surface area contributed by atoms with E-state index in [1.54, 1.807) is 0 Å². The number of allylic oxidation sites excluding steroid dienone is 1. The molecule has 0 spiro atoms. The second-order valence-electron chi connectivity index (χ2n) is 12.3. The van der Waals surface area contributed by atoms with Crippen LogP contribution in [-0.4, -0.2) is 69.8 Å². The van der Waals surface area contributed by atoms with Crippen molar-refractivity contribution in [3.8, 4) is 33.6 Å². The predicted molar refractivity (Wildman–Crippen MR) is 178 cm³/mol. The lowest BCUT2D eigenvalue weighted by Crippen LogP contribution is -2.38. The number of imidazole rings is 2. The molecule has 2 aromatic carbocycles. The largest absolute Gasteiger partial charge is 0.349 e. The molecule has 4 aromatic rings. The van der Waals surface area contributed by atoms with E-state index in [1.807, 2.05) is 64.2 Å². The lowest BCUT2D eigenvalue weighted by atomic mass is 9.78. The van der Waals surface area contributed by atoms with Gasteiger partial charge in [-0.1, -0.05) is 60.2 Å². The van der Waals surface area contributed by atoms with Gasteiger partial charge in [0.15, 0.2) is 5.96 Å². The smallest absolute Gasteiger partial charge is 0.230 e. The molecule has 0 aliphatic heterocycles. The SMILES string of the molecule is CN(C)C(=NCc1ncc(-c2ccc(-c3ccc(-c4cnc(CNC(=O)C(C)(C)C5=CCCCC5)[nH]4)cc3)cc2)[nH]1)N(C)C. The summed E-state index contributed by atoms with van der Waals surface area (Å²) in [6.45, 7) is 4.89. The Morgan fingerprint density at radius 1 is 0.818 bits per heavy atom. The zero-order valence-electron chi connectivity index (χ0n) is 26.7. The third kappa shape index (κ3) is 7.10. The molecule has 1 aliphatic carbocycles. The molecule has 9 nitrogen and oxygen atoms in total. The number of H-pyrrole nitrogens is 2. The van der Waals surface area contributed by atoms with E-state index in [0.717, 1.165) is 70.5 Å². The summed E-state index contributed by atoms with van der Waals surface area (Å²) in [5, 5.41) is 3.08. The molecule has 0 atom stereocenters. The molecule has 0 saturated heterocycles. The molecule has 0 saturated carbocycles. The highest BCUT2D eigenvalue weighted by Gasteiger charge is 2.32. The number of nitrogens with zero attached hydrogens (tertiary/aromatic N) is 5. The molecule has 1 amide bonds. The van der Waals surface area contributed by atoms with E-state index in [9.17, 15) is 4.79 Å². The summed E-state index contributed by atoms with van der Waals surface area (Å²) in [5.74, 6) is 2.50. The van der Waals surface area contributed by atoms with Crippen LogP contribution < -0.4 is 5.32 Å². The minimum absolute atomic E-state index is 0.0414. The number of benzene rings is 2. The first-order valence-electron chi connectivity index (χ1n) is 15.3. The maximum absolute atomic E-state index is 13.0. The quantitative estimate of drug-likeness (QED) is 0.121. The van der Waals surface area contributed by atoms with E-state index in [2.05, 4.69) is 84.9 Å². The summed E-state index contributed by atoms with van der Waals surface area (Å²) < 4.78 is 0. The highest BCUT2D eigenvalue weighted by molar-refractivity contribution is 5.85. The summed E-state index contributed by atoms with van der Waals surface area (Å²) in [4.78, 5) is 37.4. The third-order valence-electron chi connectivity index (χ3n) is 8.23. The van der Waals surface area contributed by atoms with Gasteiger partial charge in [0, 0.05) is 28.2 Å². The van der Waals surface area contributed by atoms with Gasteiger partial charge in [0.1, 0.15) is 18.2 Å². The van der Waals surface area contributed by atoms with Crippen LogP contribution in [0.3, 0.4) is 0 Å². The van der Waals surface area contributed by atoms with E-state index in [1.165, 1.54) is 12.0 Å². The fourth-order valence-corrected chi connectivity index (χ4v) is 5.64. The van der Waals surface area contributed by atoms with Crippen LogP contribution in [0.15, 0.2) is 77.6 Å². The van der Waals surface area contributed by atoms with Crippen LogP contribution in [-0.2, 0) is 17.9 Å². The Bertz CT molecular complexity index is 1610. The molecule has 230 valence electrons. The summed E-state index contributed by atoms with van der Waals surface area (Å²) in [5.41, 5.74) is 7.02. The van der Waals surface area contributed by atoms with Crippen molar-refractivity contribution in [3.63, 3.8) is 0 Å². The van der Waals surface area contributed by atoms with Gasteiger partial charge in [-0.05, 0) is 61.8 Å². The van der Waals surface area contributed by atoms with E-state index < -0.39 is 5.41 Å². The minimum atomic E-state index is -0.498. The average molecular weight is 593 g/mol. The minimum Gasteiger partial charge on any atom is -0.349 e. The first-order valence-corrected chi connectivity index (χ1v) is 15.3. The van der Waals surface area contributed by atoms with E-state index in [0.29, 0.717) is 13.1 Å². The Labute approximate surface area is 260 Å². The highest BCUT2D eigenvalue weighted by Crippen LogP contribution is 2.34. The number of hydrogen-bond acceptors (Lipinski definition) is 4. The number of guanidine groups is 1. The molecule has 0 unspecified atom stereocenters. The molecule has 3 N–H and O–H groups in total. The van der Waals surface area contributed by atoms with Crippen molar-refractivity contribution in [2.24, 2.45) is 10.4 Å². The van der Waals surface area contributed by atoms with Crippen LogP contribution in [0.2, 0.25) is 0 Å². The normalized spacial score (nSPS) is 13.3. The zero-order valence-corrected chi connectivity index (χ0v) is 26.7. The molecule has 0 radical (unpaired) electrons. The van der Waals surface area contributed by atoms with Crippen molar-refractivity contribution in [2.75, 3.05) is 28.2 Å². The Hall–Kier alpha value is -4.66. The molecule has 1 aliphatic rings. The second-order valence-corrected chi connectivity index (χ2v) is 12.3. The van der Waals surface area contributed by atoms with Crippen LogP contribution in [0, 0.1) is 5.41 Å².